The topological polar surface area (TPSA) is 62.0 Å². The zero-order chi connectivity index (χ0) is 9.90. The van der Waals surface area contributed by atoms with Crippen LogP contribution in [-0.4, -0.2) is 36.1 Å². The molecule has 0 aromatic carbocycles. The Labute approximate surface area is 77.4 Å². The van der Waals surface area contributed by atoms with Crippen molar-refractivity contribution >= 4 is 18.4 Å². The molecule has 0 aromatic rings. The minimum absolute atomic E-state index is 0.0242. The van der Waals surface area contributed by atoms with Crippen LogP contribution in [0.1, 0.15) is 20.3 Å². The molecule has 0 radical (unpaired) electrons. The molecule has 1 aliphatic rings. The normalized spacial score (nSPS) is 21.8. The molecule has 1 heterocycles. The molecule has 1 unspecified atom stereocenters. The van der Waals surface area contributed by atoms with E-state index in [-0.39, 0.29) is 6.04 Å². The molecule has 13 heavy (non-hydrogen) atoms. The average Bonchev–Trinajstić information content (AvgIpc) is 2.05. The van der Waals surface area contributed by atoms with Crippen molar-refractivity contribution in [3.05, 3.63) is 0 Å². The highest BCUT2D eigenvalue weighted by atomic mass is 16.4. The highest BCUT2D eigenvalue weighted by Crippen LogP contribution is 2.24. The van der Waals surface area contributed by atoms with Gasteiger partial charge in [0.2, 0.25) is 0 Å². The zero-order valence-electron chi connectivity index (χ0n) is 7.90. The quantitative estimate of drug-likeness (QED) is 0.708. The molecular weight excluding hydrogens is 168 g/mol. The van der Waals surface area contributed by atoms with Gasteiger partial charge >= 0.3 is 5.97 Å². The molecule has 1 rings (SSSR count). The van der Waals surface area contributed by atoms with Crippen LogP contribution in [0.15, 0.2) is 9.98 Å². The molecule has 0 spiro atoms. The molecule has 0 bridgehead atoms. The number of carboxylic acids is 1. The van der Waals surface area contributed by atoms with Crippen molar-refractivity contribution in [2.45, 2.75) is 26.3 Å². The Morgan fingerprint density at radius 3 is 2.77 bits per heavy atom. The molecule has 0 aliphatic carbocycles. The Balaban J connectivity index is 2.53. The first-order chi connectivity index (χ1) is 6.02. The van der Waals surface area contributed by atoms with E-state index in [1.54, 1.807) is 26.3 Å². The van der Waals surface area contributed by atoms with Crippen molar-refractivity contribution in [1.82, 2.24) is 0 Å². The van der Waals surface area contributed by atoms with E-state index in [1.807, 2.05) is 0 Å². The smallest absolute Gasteiger partial charge is 0.309 e. The first-order valence-corrected chi connectivity index (χ1v) is 4.27. The Morgan fingerprint density at radius 1 is 1.62 bits per heavy atom. The third-order valence-electron chi connectivity index (χ3n) is 2.11. The monoisotopic (exact) mass is 182 g/mol. The Hall–Kier alpha value is -1.19. The van der Waals surface area contributed by atoms with E-state index in [9.17, 15) is 4.79 Å². The number of rotatable bonds is 3. The van der Waals surface area contributed by atoms with E-state index >= 15 is 0 Å². The zero-order valence-corrected chi connectivity index (χ0v) is 7.90. The number of hydrogen-bond acceptors (Lipinski definition) is 3. The van der Waals surface area contributed by atoms with Crippen LogP contribution in [0.25, 0.3) is 0 Å². The van der Waals surface area contributed by atoms with Crippen molar-refractivity contribution in [1.29, 1.82) is 0 Å². The lowest BCUT2D eigenvalue weighted by Gasteiger charge is -2.23. The molecular formula is C9H14N2O2. The van der Waals surface area contributed by atoms with E-state index in [1.165, 1.54) is 0 Å². The van der Waals surface area contributed by atoms with E-state index in [0.29, 0.717) is 13.0 Å². The molecule has 4 heteroatoms. The van der Waals surface area contributed by atoms with E-state index in [2.05, 4.69) is 9.98 Å². The Morgan fingerprint density at radius 2 is 2.31 bits per heavy atom. The van der Waals surface area contributed by atoms with Gasteiger partial charge in [-0.15, -0.1) is 0 Å². The summed E-state index contributed by atoms with van der Waals surface area (Å²) in [6.45, 7) is 4.03. The minimum atomic E-state index is -0.780. The van der Waals surface area contributed by atoms with Crippen molar-refractivity contribution in [3.8, 4) is 0 Å². The summed E-state index contributed by atoms with van der Waals surface area (Å²) < 4.78 is 0. The van der Waals surface area contributed by atoms with E-state index < -0.39 is 11.4 Å². The lowest BCUT2D eigenvalue weighted by molar-refractivity contribution is -0.147. The van der Waals surface area contributed by atoms with Gasteiger partial charge in [-0.25, -0.2) is 0 Å². The van der Waals surface area contributed by atoms with Crippen LogP contribution in [0.2, 0.25) is 0 Å². The number of aliphatic imine (C=N–C) groups is 2. The highest BCUT2D eigenvalue weighted by molar-refractivity contribution is 6.16. The van der Waals surface area contributed by atoms with Gasteiger partial charge in [-0.3, -0.25) is 14.8 Å². The van der Waals surface area contributed by atoms with Crippen molar-refractivity contribution in [3.63, 3.8) is 0 Å². The lowest BCUT2D eigenvalue weighted by Crippen LogP contribution is -2.30. The van der Waals surface area contributed by atoms with Crippen LogP contribution in [0.5, 0.6) is 0 Å². The van der Waals surface area contributed by atoms with Crippen molar-refractivity contribution in [2.24, 2.45) is 15.4 Å². The van der Waals surface area contributed by atoms with Gasteiger partial charge in [-0.1, -0.05) is 0 Å². The lowest BCUT2D eigenvalue weighted by atomic mass is 9.86. The SMILES string of the molecule is CC(C)(CC1CN=CC=N1)C(=O)O. The second-order valence-corrected chi connectivity index (χ2v) is 3.86. The fraction of sp³-hybridized carbons (Fsp3) is 0.667. The predicted molar refractivity (Wildman–Crippen MR) is 51.7 cm³/mol. The Kier molecular flexibility index (Phi) is 2.80. The molecule has 1 N–H and O–H groups in total. The van der Waals surface area contributed by atoms with E-state index in [4.69, 9.17) is 5.11 Å². The average molecular weight is 182 g/mol. The predicted octanol–water partition coefficient (Wildman–Crippen LogP) is 1.01. The van der Waals surface area contributed by atoms with Crippen LogP contribution in [-0.2, 0) is 4.79 Å². The summed E-state index contributed by atoms with van der Waals surface area (Å²) in [4.78, 5) is 19.0. The molecule has 0 saturated heterocycles. The first-order valence-electron chi connectivity index (χ1n) is 4.27. The van der Waals surface area contributed by atoms with Crippen LogP contribution < -0.4 is 0 Å². The van der Waals surface area contributed by atoms with Crippen LogP contribution in [0.4, 0.5) is 0 Å². The molecule has 0 fully saturated rings. The first kappa shape index (κ1) is 9.89. The number of nitrogens with zero attached hydrogens (tertiary/aromatic N) is 2. The van der Waals surface area contributed by atoms with Crippen molar-refractivity contribution in [2.75, 3.05) is 6.54 Å². The van der Waals surface area contributed by atoms with Gasteiger partial charge in [-0.05, 0) is 20.3 Å². The largest absolute Gasteiger partial charge is 0.481 e. The third kappa shape index (κ3) is 2.65. The molecule has 1 aliphatic heterocycles. The van der Waals surface area contributed by atoms with Gasteiger partial charge in [0, 0.05) is 12.4 Å². The summed E-state index contributed by atoms with van der Waals surface area (Å²) in [7, 11) is 0. The molecule has 4 nitrogen and oxygen atoms in total. The molecule has 0 amide bonds. The summed E-state index contributed by atoms with van der Waals surface area (Å²) in [5.74, 6) is -0.780. The van der Waals surface area contributed by atoms with Crippen LogP contribution in [0, 0.1) is 5.41 Å². The fourth-order valence-corrected chi connectivity index (χ4v) is 1.23. The summed E-state index contributed by atoms with van der Waals surface area (Å²) in [5, 5.41) is 8.88. The molecule has 0 aromatic heterocycles. The van der Waals surface area contributed by atoms with E-state index in [0.717, 1.165) is 0 Å². The summed E-state index contributed by atoms with van der Waals surface area (Å²) in [5.41, 5.74) is -0.713. The fourth-order valence-electron chi connectivity index (χ4n) is 1.23. The van der Waals surface area contributed by atoms with Gasteiger partial charge in [0.25, 0.3) is 0 Å². The number of hydrogen-bond donors (Lipinski definition) is 1. The standard InChI is InChI=1S/C9H14N2O2/c1-9(2,8(12)13)5-7-6-10-3-4-11-7/h3-4,7H,5-6H2,1-2H3,(H,12,13). The third-order valence-corrected chi connectivity index (χ3v) is 2.11. The maximum absolute atomic E-state index is 10.8. The van der Waals surface area contributed by atoms with Gasteiger partial charge in [0.15, 0.2) is 0 Å². The summed E-state index contributed by atoms with van der Waals surface area (Å²) >= 11 is 0. The highest BCUT2D eigenvalue weighted by Gasteiger charge is 2.30. The second kappa shape index (κ2) is 3.68. The van der Waals surface area contributed by atoms with Crippen molar-refractivity contribution < 1.29 is 9.90 Å². The van der Waals surface area contributed by atoms with Gasteiger partial charge in [0.05, 0.1) is 18.0 Å². The van der Waals surface area contributed by atoms with Crippen LogP contribution >= 0.6 is 0 Å². The summed E-state index contributed by atoms with van der Waals surface area (Å²) in [6.07, 6.45) is 3.81. The second-order valence-electron chi connectivity index (χ2n) is 3.86. The van der Waals surface area contributed by atoms with Gasteiger partial charge in [-0.2, -0.15) is 0 Å². The summed E-state index contributed by atoms with van der Waals surface area (Å²) in [6, 6.07) is 0.0242. The molecule has 0 saturated carbocycles. The maximum atomic E-state index is 10.8. The number of carbonyl (C=O) groups is 1. The Bertz CT molecular complexity index is 256. The molecule has 1 atom stereocenters. The maximum Gasteiger partial charge on any atom is 0.309 e. The van der Waals surface area contributed by atoms with Gasteiger partial charge < -0.3 is 5.11 Å². The van der Waals surface area contributed by atoms with Crippen LogP contribution in [0.3, 0.4) is 0 Å². The number of aliphatic carboxylic acids is 1. The molecule has 72 valence electrons. The minimum Gasteiger partial charge on any atom is -0.481 e. The number of carboxylic acid groups (broad SMARTS) is 1. The van der Waals surface area contributed by atoms with Gasteiger partial charge in [0.1, 0.15) is 0 Å².